The van der Waals surface area contributed by atoms with Gasteiger partial charge in [0.2, 0.25) is 5.91 Å². The summed E-state index contributed by atoms with van der Waals surface area (Å²) in [4.78, 5) is 26.3. The monoisotopic (exact) mass is 465 g/mol. The molecule has 0 spiro atoms. The maximum atomic E-state index is 12.5. The molecule has 0 atom stereocenters. The SMILES string of the molecule is COc1cc2c(cc1OC)CN(C(=O)NCCC(=O)NCc1ccc(Cl)cc1Cl)CC2. The average Bonchev–Trinajstić information content (AvgIpc) is 2.76. The molecule has 1 aliphatic rings. The first-order valence-electron chi connectivity index (χ1n) is 9.88. The summed E-state index contributed by atoms with van der Waals surface area (Å²) in [5.41, 5.74) is 2.95. The Morgan fingerprint density at radius 2 is 1.74 bits per heavy atom. The molecule has 0 bridgehead atoms. The summed E-state index contributed by atoms with van der Waals surface area (Å²) in [7, 11) is 3.19. The number of nitrogens with zero attached hydrogens (tertiary/aromatic N) is 1. The topological polar surface area (TPSA) is 79.9 Å². The van der Waals surface area contributed by atoms with E-state index in [1.807, 2.05) is 12.1 Å². The van der Waals surface area contributed by atoms with Crippen LogP contribution in [0.2, 0.25) is 10.0 Å². The van der Waals surface area contributed by atoms with Crippen LogP contribution in [0.25, 0.3) is 0 Å². The van der Waals surface area contributed by atoms with Crippen LogP contribution in [-0.2, 0) is 24.3 Å². The van der Waals surface area contributed by atoms with Gasteiger partial charge >= 0.3 is 6.03 Å². The van der Waals surface area contributed by atoms with Crippen LogP contribution in [0.3, 0.4) is 0 Å². The van der Waals surface area contributed by atoms with Gasteiger partial charge < -0.3 is 25.0 Å². The summed E-state index contributed by atoms with van der Waals surface area (Å²) < 4.78 is 10.7. The van der Waals surface area contributed by atoms with E-state index in [1.54, 1.807) is 37.3 Å². The van der Waals surface area contributed by atoms with Crippen molar-refractivity contribution in [3.63, 3.8) is 0 Å². The van der Waals surface area contributed by atoms with Crippen LogP contribution in [0.15, 0.2) is 30.3 Å². The number of carbonyl (C=O) groups is 2. The Morgan fingerprint density at radius 3 is 2.42 bits per heavy atom. The normalized spacial score (nSPS) is 12.7. The molecule has 0 unspecified atom stereocenters. The van der Waals surface area contributed by atoms with E-state index in [9.17, 15) is 9.59 Å². The first kappa shape index (κ1) is 23.0. The van der Waals surface area contributed by atoms with Crippen molar-refractivity contribution < 1.29 is 19.1 Å². The smallest absolute Gasteiger partial charge is 0.317 e. The number of benzene rings is 2. The largest absolute Gasteiger partial charge is 0.493 e. The van der Waals surface area contributed by atoms with E-state index >= 15 is 0 Å². The third-order valence-corrected chi connectivity index (χ3v) is 5.71. The first-order valence-corrected chi connectivity index (χ1v) is 10.6. The summed E-state index contributed by atoms with van der Waals surface area (Å²) >= 11 is 12.0. The van der Waals surface area contributed by atoms with E-state index in [4.69, 9.17) is 32.7 Å². The number of ether oxygens (including phenoxy) is 2. The quantitative estimate of drug-likeness (QED) is 0.651. The van der Waals surface area contributed by atoms with Crippen LogP contribution < -0.4 is 20.1 Å². The fraction of sp³-hybridized carbons (Fsp3) is 0.364. The number of hydrogen-bond donors (Lipinski definition) is 2. The minimum Gasteiger partial charge on any atom is -0.493 e. The highest BCUT2D eigenvalue weighted by atomic mass is 35.5. The molecular formula is C22H25Cl2N3O4. The van der Waals surface area contributed by atoms with Gasteiger partial charge in [0.15, 0.2) is 11.5 Å². The molecule has 166 valence electrons. The maximum absolute atomic E-state index is 12.5. The minimum absolute atomic E-state index is 0.173. The maximum Gasteiger partial charge on any atom is 0.317 e. The van der Waals surface area contributed by atoms with Gasteiger partial charge in [0.05, 0.1) is 14.2 Å². The van der Waals surface area contributed by atoms with Gasteiger partial charge in [0, 0.05) is 42.6 Å². The summed E-state index contributed by atoms with van der Waals surface area (Å²) in [5.74, 6) is 1.15. The predicted octanol–water partition coefficient (Wildman–Crippen LogP) is 3.78. The number of urea groups is 1. The average molecular weight is 466 g/mol. The zero-order valence-electron chi connectivity index (χ0n) is 17.5. The van der Waals surface area contributed by atoms with Crippen LogP contribution in [0.4, 0.5) is 4.79 Å². The van der Waals surface area contributed by atoms with Crippen molar-refractivity contribution in [1.29, 1.82) is 0 Å². The highest BCUT2D eigenvalue weighted by Gasteiger charge is 2.22. The Balaban J connectivity index is 1.45. The molecule has 0 aliphatic carbocycles. The molecule has 1 aliphatic heterocycles. The molecular weight excluding hydrogens is 441 g/mol. The summed E-state index contributed by atoms with van der Waals surface area (Å²) in [5, 5.41) is 6.64. The van der Waals surface area contributed by atoms with Crippen LogP contribution >= 0.6 is 23.2 Å². The van der Waals surface area contributed by atoms with Crippen molar-refractivity contribution in [3.05, 3.63) is 57.1 Å². The second-order valence-corrected chi connectivity index (χ2v) is 7.99. The van der Waals surface area contributed by atoms with Crippen molar-refractivity contribution in [3.8, 4) is 11.5 Å². The van der Waals surface area contributed by atoms with Crippen molar-refractivity contribution >= 4 is 35.1 Å². The summed E-state index contributed by atoms with van der Waals surface area (Å²) in [6.45, 7) is 1.61. The minimum atomic E-state index is -0.200. The highest BCUT2D eigenvalue weighted by Crippen LogP contribution is 2.33. The predicted molar refractivity (Wildman–Crippen MR) is 120 cm³/mol. The lowest BCUT2D eigenvalue weighted by atomic mass is 9.99. The molecule has 9 heteroatoms. The standard InChI is InChI=1S/C22H25Cl2N3O4/c1-30-19-9-14-6-8-27(13-16(14)10-20(19)31-2)22(29)25-7-5-21(28)26-12-15-3-4-17(23)11-18(15)24/h3-4,9-11H,5-8,12-13H2,1-2H3,(H,25,29)(H,26,28). The second kappa shape index (κ2) is 10.6. The highest BCUT2D eigenvalue weighted by molar-refractivity contribution is 6.35. The zero-order valence-corrected chi connectivity index (χ0v) is 19.0. The number of nitrogens with one attached hydrogen (secondary N) is 2. The second-order valence-electron chi connectivity index (χ2n) is 7.14. The molecule has 3 rings (SSSR count). The molecule has 0 radical (unpaired) electrons. The third kappa shape index (κ3) is 5.95. The number of fused-ring (bicyclic) bond motifs is 1. The van der Waals surface area contributed by atoms with Crippen molar-refractivity contribution in [2.75, 3.05) is 27.3 Å². The molecule has 0 aromatic heterocycles. The third-order valence-electron chi connectivity index (χ3n) is 5.12. The van der Waals surface area contributed by atoms with E-state index < -0.39 is 0 Å². The van der Waals surface area contributed by atoms with Crippen molar-refractivity contribution in [1.82, 2.24) is 15.5 Å². The van der Waals surface area contributed by atoms with Gasteiger partial charge in [-0.25, -0.2) is 4.79 Å². The molecule has 2 aromatic rings. The Kier molecular flexibility index (Phi) is 7.87. The van der Waals surface area contributed by atoms with Gasteiger partial charge in [0.1, 0.15) is 0 Å². The molecule has 0 fully saturated rings. The number of amides is 3. The number of methoxy groups -OCH3 is 2. The lowest BCUT2D eigenvalue weighted by molar-refractivity contribution is -0.121. The molecule has 3 amide bonds. The van der Waals surface area contributed by atoms with Gasteiger partial charge in [-0.15, -0.1) is 0 Å². The van der Waals surface area contributed by atoms with E-state index in [-0.39, 0.29) is 24.9 Å². The van der Waals surface area contributed by atoms with E-state index in [2.05, 4.69) is 10.6 Å². The Morgan fingerprint density at radius 1 is 1.03 bits per heavy atom. The lowest BCUT2D eigenvalue weighted by Gasteiger charge is -2.29. The fourth-order valence-corrected chi connectivity index (χ4v) is 3.87. The summed E-state index contributed by atoms with van der Waals surface area (Å²) in [6, 6.07) is 8.79. The van der Waals surface area contributed by atoms with Crippen LogP contribution in [0.1, 0.15) is 23.1 Å². The van der Waals surface area contributed by atoms with Gasteiger partial charge in [-0.3, -0.25) is 4.79 Å². The Hall–Kier alpha value is -2.64. The Bertz CT molecular complexity index is 968. The van der Waals surface area contributed by atoms with Gasteiger partial charge in [-0.05, 0) is 47.4 Å². The van der Waals surface area contributed by atoms with Crippen LogP contribution in [0.5, 0.6) is 11.5 Å². The molecule has 0 saturated carbocycles. The number of carbonyl (C=O) groups excluding carboxylic acids is 2. The number of hydrogen-bond acceptors (Lipinski definition) is 4. The summed E-state index contributed by atoms with van der Waals surface area (Å²) in [6.07, 6.45) is 0.901. The Labute approximate surface area is 191 Å². The van der Waals surface area contributed by atoms with Crippen molar-refractivity contribution in [2.24, 2.45) is 0 Å². The van der Waals surface area contributed by atoms with Gasteiger partial charge in [0.25, 0.3) is 0 Å². The van der Waals surface area contributed by atoms with Gasteiger partial charge in [-0.1, -0.05) is 29.3 Å². The van der Waals surface area contributed by atoms with Crippen molar-refractivity contribution in [2.45, 2.75) is 25.9 Å². The van der Waals surface area contributed by atoms with Crippen LogP contribution in [0, 0.1) is 0 Å². The molecule has 31 heavy (non-hydrogen) atoms. The molecule has 1 heterocycles. The lowest BCUT2D eigenvalue weighted by Crippen LogP contribution is -2.43. The molecule has 2 aromatic carbocycles. The number of halogens is 2. The molecule has 0 saturated heterocycles. The zero-order chi connectivity index (χ0) is 22.4. The van der Waals surface area contributed by atoms with Crippen LogP contribution in [-0.4, -0.2) is 44.1 Å². The van der Waals surface area contributed by atoms with E-state index in [0.717, 1.165) is 23.1 Å². The fourth-order valence-electron chi connectivity index (χ4n) is 3.40. The first-order chi connectivity index (χ1) is 14.9. The number of rotatable bonds is 7. The van der Waals surface area contributed by atoms with E-state index in [1.165, 1.54) is 0 Å². The molecule has 7 nitrogen and oxygen atoms in total. The van der Waals surface area contributed by atoms with Gasteiger partial charge in [-0.2, -0.15) is 0 Å². The molecule has 2 N–H and O–H groups in total. The van der Waals surface area contributed by atoms with E-state index in [0.29, 0.717) is 41.2 Å².